The third-order valence-electron chi connectivity index (χ3n) is 3.39. The molecule has 1 unspecified atom stereocenters. The second-order valence-corrected chi connectivity index (χ2v) is 5.82. The molecule has 20 heavy (non-hydrogen) atoms. The van der Waals surface area contributed by atoms with Crippen LogP contribution >= 0.6 is 11.3 Å². The predicted octanol–water partition coefficient (Wildman–Crippen LogP) is 1.62. The summed E-state index contributed by atoms with van der Waals surface area (Å²) in [7, 11) is 0. The lowest BCUT2D eigenvalue weighted by Crippen LogP contribution is -2.48. The first-order chi connectivity index (χ1) is 9.67. The molecule has 2 heterocycles. The quantitative estimate of drug-likeness (QED) is 0.843. The van der Waals surface area contributed by atoms with Crippen LogP contribution in [0.1, 0.15) is 33.5 Å². The zero-order chi connectivity index (χ0) is 14.5. The summed E-state index contributed by atoms with van der Waals surface area (Å²) in [5.41, 5.74) is 6.43. The van der Waals surface area contributed by atoms with Crippen molar-refractivity contribution >= 4 is 17.2 Å². The first kappa shape index (κ1) is 15.0. The van der Waals surface area contributed by atoms with Crippen LogP contribution in [-0.2, 0) is 4.74 Å². The van der Waals surface area contributed by atoms with Crippen LogP contribution in [0.5, 0.6) is 0 Å². The number of carbonyl (C=O) groups excluding carboxylic acids is 1. The molecule has 0 radical (unpaired) electrons. The number of hydrogen-bond donors (Lipinski definition) is 1. The first-order valence-corrected chi connectivity index (χ1v) is 7.67. The van der Waals surface area contributed by atoms with Crippen LogP contribution in [0.25, 0.3) is 0 Å². The SMILES string of the molecule is CCC1COCCN1C(=O)c1cc(C)c(C#CCN)s1. The third kappa shape index (κ3) is 3.21. The molecule has 1 saturated heterocycles. The molecule has 0 spiro atoms. The Morgan fingerprint density at radius 2 is 2.45 bits per heavy atom. The van der Waals surface area contributed by atoms with Crippen LogP contribution < -0.4 is 5.73 Å². The Morgan fingerprint density at radius 3 is 3.15 bits per heavy atom. The molecular weight excluding hydrogens is 272 g/mol. The number of hydrogen-bond acceptors (Lipinski definition) is 4. The molecular formula is C15H20N2O2S. The molecule has 108 valence electrons. The topological polar surface area (TPSA) is 55.6 Å². The highest BCUT2D eigenvalue weighted by molar-refractivity contribution is 7.14. The van der Waals surface area contributed by atoms with Crippen molar-refractivity contribution in [3.8, 4) is 11.8 Å². The van der Waals surface area contributed by atoms with Gasteiger partial charge in [0.25, 0.3) is 5.91 Å². The molecule has 1 amide bonds. The first-order valence-electron chi connectivity index (χ1n) is 6.85. The van der Waals surface area contributed by atoms with Crippen LogP contribution in [0.4, 0.5) is 0 Å². The number of carbonyl (C=O) groups is 1. The summed E-state index contributed by atoms with van der Waals surface area (Å²) in [4.78, 5) is 16.2. The number of aryl methyl sites for hydroxylation is 1. The van der Waals surface area contributed by atoms with Crippen molar-refractivity contribution in [3.63, 3.8) is 0 Å². The van der Waals surface area contributed by atoms with E-state index in [4.69, 9.17) is 10.5 Å². The summed E-state index contributed by atoms with van der Waals surface area (Å²) in [6.45, 7) is 6.31. The molecule has 1 aromatic rings. The second-order valence-electron chi connectivity index (χ2n) is 4.76. The number of thiophene rings is 1. The van der Waals surface area contributed by atoms with E-state index in [-0.39, 0.29) is 11.9 Å². The highest BCUT2D eigenvalue weighted by Gasteiger charge is 2.27. The van der Waals surface area contributed by atoms with Crippen molar-refractivity contribution in [1.82, 2.24) is 4.90 Å². The van der Waals surface area contributed by atoms with Gasteiger partial charge in [0, 0.05) is 6.54 Å². The lowest BCUT2D eigenvalue weighted by atomic mass is 10.1. The number of rotatable bonds is 2. The van der Waals surface area contributed by atoms with Gasteiger partial charge in [-0.1, -0.05) is 18.8 Å². The molecule has 0 bridgehead atoms. The van der Waals surface area contributed by atoms with Crippen molar-refractivity contribution in [3.05, 3.63) is 21.4 Å². The minimum absolute atomic E-state index is 0.0917. The molecule has 5 heteroatoms. The Kier molecular flexibility index (Phi) is 5.18. The number of amides is 1. The minimum Gasteiger partial charge on any atom is -0.377 e. The molecule has 4 nitrogen and oxygen atoms in total. The van der Waals surface area contributed by atoms with Crippen LogP contribution in [-0.4, -0.2) is 43.2 Å². The lowest BCUT2D eigenvalue weighted by Gasteiger charge is -2.34. The fraction of sp³-hybridized carbons (Fsp3) is 0.533. The van der Waals surface area contributed by atoms with E-state index in [1.807, 2.05) is 17.9 Å². The molecule has 1 aliphatic rings. The zero-order valence-corrected chi connectivity index (χ0v) is 12.8. The van der Waals surface area contributed by atoms with Gasteiger partial charge in [0.1, 0.15) is 0 Å². The second kappa shape index (κ2) is 6.89. The fourth-order valence-corrected chi connectivity index (χ4v) is 3.25. The monoisotopic (exact) mass is 292 g/mol. The van der Waals surface area contributed by atoms with Crippen LogP contribution in [0.15, 0.2) is 6.07 Å². The molecule has 0 saturated carbocycles. The number of nitrogens with zero attached hydrogens (tertiary/aromatic N) is 1. The van der Waals surface area contributed by atoms with Gasteiger partial charge in [-0.05, 0) is 25.0 Å². The Bertz CT molecular complexity index is 542. The smallest absolute Gasteiger partial charge is 0.264 e. The molecule has 1 fully saturated rings. The van der Waals surface area contributed by atoms with Crippen molar-refractivity contribution in [1.29, 1.82) is 0 Å². The van der Waals surface area contributed by atoms with Crippen LogP contribution in [0.2, 0.25) is 0 Å². The minimum atomic E-state index is 0.0917. The predicted molar refractivity (Wildman–Crippen MR) is 80.9 cm³/mol. The summed E-state index contributed by atoms with van der Waals surface area (Å²) in [5, 5.41) is 0. The van der Waals surface area contributed by atoms with Gasteiger partial charge in [0.15, 0.2) is 0 Å². The highest BCUT2D eigenvalue weighted by atomic mass is 32.1. The van der Waals surface area contributed by atoms with Crippen molar-refractivity contribution in [2.45, 2.75) is 26.3 Å². The summed E-state index contributed by atoms with van der Waals surface area (Å²) >= 11 is 1.45. The van der Waals surface area contributed by atoms with Gasteiger partial charge in [0.05, 0.1) is 35.6 Å². The third-order valence-corrected chi connectivity index (χ3v) is 4.53. The Labute approximate surface area is 123 Å². The molecule has 2 rings (SSSR count). The maximum Gasteiger partial charge on any atom is 0.264 e. The summed E-state index contributed by atoms with van der Waals surface area (Å²) in [6, 6.07) is 2.10. The van der Waals surface area contributed by atoms with E-state index in [1.165, 1.54) is 11.3 Å². The van der Waals surface area contributed by atoms with Gasteiger partial charge in [-0.2, -0.15) is 0 Å². The average molecular weight is 292 g/mol. The van der Waals surface area contributed by atoms with Crippen molar-refractivity contribution in [2.75, 3.05) is 26.3 Å². The molecule has 2 N–H and O–H groups in total. The normalized spacial score (nSPS) is 18.6. The summed E-state index contributed by atoms with van der Waals surface area (Å²) < 4.78 is 5.44. The van der Waals surface area contributed by atoms with Crippen molar-refractivity contribution < 1.29 is 9.53 Å². The van der Waals surface area contributed by atoms with E-state index >= 15 is 0 Å². The van der Waals surface area contributed by atoms with Gasteiger partial charge in [-0.15, -0.1) is 11.3 Å². The average Bonchev–Trinajstić information content (AvgIpc) is 2.85. The van der Waals surface area contributed by atoms with E-state index < -0.39 is 0 Å². The van der Waals surface area contributed by atoms with E-state index in [9.17, 15) is 4.79 Å². The Balaban J connectivity index is 2.20. The highest BCUT2D eigenvalue weighted by Crippen LogP contribution is 2.24. The van der Waals surface area contributed by atoms with Gasteiger partial charge in [-0.25, -0.2) is 0 Å². The van der Waals surface area contributed by atoms with Gasteiger partial charge in [0.2, 0.25) is 0 Å². The largest absolute Gasteiger partial charge is 0.377 e. The molecule has 0 aliphatic carbocycles. The van der Waals surface area contributed by atoms with E-state index in [1.54, 1.807) is 0 Å². The standard InChI is InChI=1S/C15H20N2O2S/c1-3-12-10-19-8-7-17(12)15(18)14-9-11(2)13(20-14)5-4-6-16/h9,12H,3,6-8,10,16H2,1-2H3. The number of nitrogens with two attached hydrogens (primary N) is 1. The molecule has 0 aromatic carbocycles. The Hall–Kier alpha value is -1.35. The summed E-state index contributed by atoms with van der Waals surface area (Å²) in [6.07, 6.45) is 0.913. The van der Waals surface area contributed by atoms with Crippen molar-refractivity contribution in [2.24, 2.45) is 5.73 Å². The van der Waals surface area contributed by atoms with E-state index in [0.29, 0.717) is 26.3 Å². The molecule has 1 aromatic heterocycles. The number of morpholine rings is 1. The maximum atomic E-state index is 12.6. The van der Waals surface area contributed by atoms with Gasteiger partial charge < -0.3 is 15.4 Å². The number of ether oxygens (including phenoxy) is 1. The van der Waals surface area contributed by atoms with E-state index in [2.05, 4.69) is 18.8 Å². The maximum absolute atomic E-state index is 12.6. The zero-order valence-electron chi connectivity index (χ0n) is 11.9. The Morgan fingerprint density at radius 1 is 1.65 bits per heavy atom. The van der Waals surface area contributed by atoms with Gasteiger partial charge >= 0.3 is 0 Å². The fourth-order valence-electron chi connectivity index (χ4n) is 2.24. The van der Waals surface area contributed by atoms with Gasteiger partial charge in [-0.3, -0.25) is 4.79 Å². The van der Waals surface area contributed by atoms with E-state index in [0.717, 1.165) is 21.7 Å². The molecule has 1 aliphatic heterocycles. The summed E-state index contributed by atoms with van der Waals surface area (Å²) in [5.74, 6) is 5.96. The lowest BCUT2D eigenvalue weighted by molar-refractivity contribution is -0.00253. The molecule has 1 atom stereocenters. The van der Waals surface area contributed by atoms with Crippen LogP contribution in [0.3, 0.4) is 0 Å². The van der Waals surface area contributed by atoms with Crippen LogP contribution in [0, 0.1) is 18.8 Å².